The van der Waals surface area contributed by atoms with Crippen molar-refractivity contribution in [1.82, 2.24) is 14.5 Å². The zero-order valence-electron chi connectivity index (χ0n) is 11.6. The molecule has 1 aliphatic heterocycles. The molecule has 2 N–H and O–H groups in total. The number of nitrogens with zero attached hydrogens (tertiary/aromatic N) is 4. The highest BCUT2D eigenvalue weighted by Gasteiger charge is 2.12. The SMILES string of the molecule is Cn1c(CN=C(N)N2CCSCC2)nc2ccccc21. The molecule has 2 aromatic rings. The van der Waals surface area contributed by atoms with Crippen molar-refractivity contribution in [3.63, 3.8) is 0 Å². The third-order valence-electron chi connectivity index (χ3n) is 3.60. The number of aryl methyl sites for hydroxylation is 1. The molecule has 2 heterocycles. The van der Waals surface area contributed by atoms with Crippen LogP contribution in [-0.2, 0) is 13.6 Å². The van der Waals surface area contributed by atoms with Crippen LogP contribution < -0.4 is 5.73 Å². The minimum Gasteiger partial charge on any atom is -0.370 e. The highest BCUT2D eigenvalue weighted by atomic mass is 32.2. The van der Waals surface area contributed by atoms with E-state index in [0.717, 1.165) is 41.5 Å². The lowest BCUT2D eigenvalue weighted by atomic mass is 10.3. The monoisotopic (exact) mass is 289 g/mol. The van der Waals surface area contributed by atoms with E-state index in [1.54, 1.807) is 0 Å². The van der Waals surface area contributed by atoms with Gasteiger partial charge in [0.2, 0.25) is 0 Å². The quantitative estimate of drug-likeness (QED) is 0.671. The van der Waals surface area contributed by atoms with Gasteiger partial charge in [0, 0.05) is 31.6 Å². The lowest BCUT2D eigenvalue weighted by Crippen LogP contribution is -2.42. The summed E-state index contributed by atoms with van der Waals surface area (Å²) in [6, 6.07) is 8.12. The number of guanidine groups is 1. The van der Waals surface area contributed by atoms with Crippen molar-refractivity contribution < 1.29 is 0 Å². The van der Waals surface area contributed by atoms with Crippen LogP contribution in [0, 0.1) is 0 Å². The summed E-state index contributed by atoms with van der Waals surface area (Å²) >= 11 is 1.97. The number of imidazole rings is 1. The molecule has 1 aromatic carbocycles. The summed E-state index contributed by atoms with van der Waals surface area (Å²) < 4.78 is 2.08. The molecule has 0 bridgehead atoms. The van der Waals surface area contributed by atoms with Gasteiger partial charge in [-0.2, -0.15) is 11.8 Å². The van der Waals surface area contributed by atoms with Crippen molar-refractivity contribution in [1.29, 1.82) is 0 Å². The average molecular weight is 289 g/mol. The molecule has 20 heavy (non-hydrogen) atoms. The number of hydrogen-bond donors (Lipinski definition) is 1. The van der Waals surface area contributed by atoms with Crippen molar-refractivity contribution in [2.75, 3.05) is 24.6 Å². The molecule has 0 saturated carbocycles. The van der Waals surface area contributed by atoms with Gasteiger partial charge in [0.05, 0.1) is 11.0 Å². The number of thioether (sulfide) groups is 1. The van der Waals surface area contributed by atoms with E-state index in [0.29, 0.717) is 12.5 Å². The molecule has 0 radical (unpaired) electrons. The van der Waals surface area contributed by atoms with Gasteiger partial charge in [0.1, 0.15) is 12.4 Å². The first-order chi connectivity index (χ1) is 9.75. The summed E-state index contributed by atoms with van der Waals surface area (Å²) in [5.41, 5.74) is 8.21. The Morgan fingerprint density at radius 3 is 2.85 bits per heavy atom. The van der Waals surface area contributed by atoms with Crippen LogP contribution in [0.3, 0.4) is 0 Å². The summed E-state index contributed by atoms with van der Waals surface area (Å²) in [5, 5.41) is 0. The molecule has 0 spiro atoms. The van der Waals surface area contributed by atoms with Crippen LogP contribution >= 0.6 is 11.8 Å². The highest BCUT2D eigenvalue weighted by Crippen LogP contribution is 2.15. The number of aromatic nitrogens is 2. The van der Waals surface area contributed by atoms with Crippen molar-refractivity contribution in [2.45, 2.75) is 6.54 Å². The molecule has 0 atom stereocenters. The standard InChI is InChI=1S/C14H19N5S/c1-18-12-5-3-2-4-11(12)17-13(18)10-16-14(15)19-6-8-20-9-7-19/h2-5H,6-10H2,1H3,(H2,15,16). The van der Waals surface area contributed by atoms with E-state index in [4.69, 9.17) is 5.73 Å². The zero-order valence-corrected chi connectivity index (χ0v) is 12.4. The number of para-hydroxylation sites is 2. The Morgan fingerprint density at radius 1 is 1.35 bits per heavy atom. The molecule has 1 saturated heterocycles. The lowest BCUT2D eigenvalue weighted by Gasteiger charge is -2.27. The fourth-order valence-electron chi connectivity index (χ4n) is 2.38. The largest absolute Gasteiger partial charge is 0.370 e. The van der Waals surface area contributed by atoms with Gasteiger partial charge in [0.15, 0.2) is 5.96 Å². The summed E-state index contributed by atoms with van der Waals surface area (Å²) in [6.07, 6.45) is 0. The number of hydrogen-bond acceptors (Lipinski definition) is 3. The molecule has 1 aromatic heterocycles. The molecule has 1 aliphatic rings. The topological polar surface area (TPSA) is 59.4 Å². The van der Waals surface area contributed by atoms with E-state index < -0.39 is 0 Å². The summed E-state index contributed by atoms with van der Waals surface area (Å²) in [5.74, 6) is 3.84. The molecular formula is C14H19N5S. The number of benzene rings is 1. The van der Waals surface area contributed by atoms with Crippen LogP contribution in [0.15, 0.2) is 29.3 Å². The van der Waals surface area contributed by atoms with E-state index in [9.17, 15) is 0 Å². The highest BCUT2D eigenvalue weighted by molar-refractivity contribution is 7.99. The Morgan fingerprint density at radius 2 is 2.10 bits per heavy atom. The van der Waals surface area contributed by atoms with Gasteiger partial charge < -0.3 is 15.2 Å². The Balaban J connectivity index is 1.77. The lowest BCUT2D eigenvalue weighted by molar-refractivity contribution is 0.455. The van der Waals surface area contributed by atoms with Crippen LogP contribution in [0.5, 0.6) is 0 Å². The molecule has 0 aliphatic carbocycles. The van der Waals surface area contributed by atoms with Gasteiger partial charge in [-0.25, -0.2) is 9.98 Å². The Hall–Kier alpha value is -1.69. The molecule has 106 valence electrons. The predicted molar refractivity (Wildman–Crippen MR) is 84.9 cm³/mol. The number of nitrogens with two attached hydrogens (primary N) is 1. The predicted octanol–water partition coefficient (Wildman–Crippen LogP) is 1.44. The number of rotatable bonds is 2. The fourth-order valence-corrected chi connectivity index (χ4v) is 3.28. The van der Waals surface area contributed by atoms with Gasteiger partial charge in [0.25, 0.3) is 0 Å². The van der Waals surface area contributed by atoms with Crippen molar-refractivity contribution in [2.24, 2.45) is 17.8 Å². The van der Waals surface area contributed by atoms with Crippen molar-refractivity contribution >= 4 is 28.8 Å². The van der Waals surface area contributed by atoms with Crippen LogP contribution in [0.4, 0.5) is 0 Å². The minimum absolute atomic E-state index is 0.528. The molecule has 1 fully saturated rings. The normalized spacial score (nSPS) is 16.9. The minimum atomic E-state index is 0.528. The maximum atomic E-state index is 6.07. The van der Waals surface area contributed by atoms with Crippen LogP contribution in [0.25, 0.3) is 11.0 Å². The summed E-state index contributed by atoms with van der Waals surface area (Å²) in [4.78, 5) is 11.3. The van der Waals surface area contributed by atoms with Gasteiger partial charge in [-0.3, -0.25) is 0 Å². The molecular weight excluding hydrogens is 270 g/mol. The van der Waals surface area contributed by atoms with Crippen LogP contribution in [-0.4, -0.2) is 45.0 Å². The second-order valence-corrected chi connectivity index (χ2v) is 6.07. The van der Waals surface area contributed by atoms with Crippen LogP contribution in [0.2, 0.25) is 0 Å². The molecule has 0 amide bonds. The second kappa shape index (κ2) is 5.75. The molecule has 5 nitrogen and oxygen atoms in total. The van der Waals surface area contributed by atoms with E-state index in [-0.39, 0.29) is 0 Å². The Kier molecular flexibility index (Phi) is 3.82. The first-order valence-corrected chi connectivity index (χ1v) is 7.94. The van der Waals surface area contributed by atoms with Crippen molar-refractivity contribution in [3.8, 4) is 0 Å². The van der Waals surface area contributed by atoms with E-state index >= 15 is 0 Å². The maximum Gasteiger partial charge on any atom is 0.191 e. The Bertz CT molecular complexity index is 628. The molecule has 0 unspecified atom stereocenters. The summed E-state index contributed by atoms with van der Waals surface area (Å²) in [7, 11) is 2.02. The molecule has 6 heteroatoms. The van der Waals surface area contributed by atoms with Gasteiger partial charge in [-0.15, -0.1) is 0 Å². The number of aliphatic imine (C=N–C) groups is 1. The average Bonchev–Trinajstić information content (AvgIpc) is 2.83. The third-order valence-corrected chi connectivity index (χ3v) is 4.54. The van der Waals surface area contributed by atoms with Crippen molar-refractivity contribution in [3.05, 3.63) is 30.1 Å². The smallest absolute Gasteiger partial charge is 0.191 e. The first kappa shape index (κ1) is 13.3. The van der Waals surface area contributed by atoms with Gasteiger partial charge in [-0.05, 0) is 12.1 Å². The zero-order chi connectivity index (χ0) is 13.9. The summed E-state index contributed by atoms with van der Waals surface area (Å²) in [6.45, 7) is 2.51. The van der Waals surface area contributed by atoms with Gasteiger partial charge >= 0.3 is 0 Å². The second-order valence-electron chi connectivity index (χ2n) is 4.85. The Labute approximate surface area is 122 Å². The van der Waals surface area contributed by atoms with E-state index in [1.165, 1.54) is 0 Å². The van der Waals surface area contributed by atoms with E-state index in [2.05, 4.69) is 25.5 Å². The van der Waals surface area contributed by atoms with E-state index in [1.807, 2.05) is 37.0 Å². The molecule has 3 rings (SSSR count). The van der Waals surface area contributed by atoms with Crippen LogP contribution in [0.1, 0.15) is 5.82 Å². The fraction of sp³-hybridized carbons (Fsp3) is 0.429. The number of fused-ring (bicyclic) bond motifs is 1. The maximum absolute atomic E-state index is 6.07. The first-order valence-electron chi connectivity index (χ1n) is 6.78. The third kappa shape index (κ3) is 2.60. The van der Waals surface area contributed by atoms with Gasteiger partial charge in [-0.1, -0.05) is 12.1 Å².